The highest BCUT2D eigenvalue weighted by molar-refractivity contribution is 5.96. The van der Waals surface area contributed by atoms with E-state index < -0.39 is 30.2 Å². The number of anilines is 1. The van der Waals surface area contributed by atoms with Gasteiger partial charge in [-0.1, -0.05) is 18.2 Å². The molecule has 0 spiro atoms. The van der Waals surface area contributed by atoms with Crippen LogP contribution in [0.1, 0.15) is 39.9 Å². The van der Waals surface area contributed by atoms with E-state index in [4.69, 9.17) is 4.74 Å². The van der Waals surface area contributed by atoms with Gasteiger partial charge in [-0.3, -0.25) is 4.79 Å². The molecule has 0 fully saturated rings. The van der Waals surface area contributed by atoms with E-state index in [0.717, 1.165) is 43.4 Å². The summed E-state index contributed by atoms with van der Waals surface area (Å²) < 4.78 is 43.8. The highest BCUT2D eigenvalue weighted by atomic mass is 19.4. The van der Waals surface area contributed by atoms with Gasteiger partial charge in [-0.05, 0) is 61.1 Å². The molecule has 1 aliphatic carbocycles. The number of hydrogen-bond acceptors (Lipinski definition) is 3. The Morgan fingerprint density at radius 1 is 1.00 bits per heavy atom. The van der Waals surface area contributed by atoms with Gasteiger partial charge in [0.05, 0.1) is 16.8 Å². The predicted octanol–water partition coefficient (Wildman–Crippen LogP) is 4.38. The van der Waals surface area contributed by atoms with Gasteiger partial charge in [0.15, 0.2) is 6.61 Å². The lowest BCUT2D eigenvalue weighted by molar-refractivity contribution is -0.137. The summed E-state index contributed by atoms with van der Waals surface area (Å²) in [6.07, 6.45) is -0.538. The van der Waals surface area contributed by atoms with E-state index in [2.05, 4.69) is 5.32 Å². The number of amides is 1. The summed E-state index contributed by atoms with van der Waals surface area (Å²) >= 11 is 0. The van der Waals surface area contributed by atoms with Crippen molar-refractivity contribution in [2.75, 3.05) is 11.9 Å². The second kappa shape index (κ2) is 7.82. The minimum absolute atomic E-state index is 0.333. The first-order valence-electron chi connectivity index (χ1n) is 8.59. The van der Waals surface area contributed by atoms with Gasteiger partial charge in [-0.25, -0.2) is 4.79 Å². The quantitative estimate of drug-likeness (QED) is 0.805. The van der Waals surface area contributed by atoms with Crippen molar-refractivity contribution < 1.29 is 27.5 Å². The summed E-state index contributed by atoms with van der Waals surface area (Å²) in [4.78, 5) is 24.0. The van der Waals surface area contributed by atoms with Gasteiger partial charge in [0.2, 0.25) is 0 Å². The average Bonchev–Trinajstić information content (AvgIpc) is 2.65. The van der Waals surface area contributed by atoms with Crippen LogP contribution in [0.15, 0.2) is 42.5 Å². The first-order chi connectivity index (χ1) is 12.8. The van der Waals surface area contributed by atoms with E-state index in [9.17, 15) is 22.8 Å². The van der Waals surface area contributed by atoms with Crippen molar-refractivity contribution >= 4 is 17.6 Å². The maximum Gasteiger partial charge on any atom is 0.418 e. The molecule has 0 bridgehead atoms. The molecule has 0 saturated heterocycles. The fraction of sp³-hybridized carbons (Fsp3) is 0.300. The number of carbonyl (C=O) groups excluding carboxylic acids is 2. The van der Waals surface area contributed by atoms with Crippen LogP contribution in [0.5, 0.6) is 0 Å². The average molecular weight is 377 g/mol. The van der Waals surface area contributed by atoms with Crippen molar-refractivity contribution in [2.24, 2.45) is 0 Å². The fourth-order valence-corrected chi connectivity index (χ4v) is 3.10. The van der Waals surface area contributed by atoms with Gasteiger partial charge >= 0.3 is 12.1 Å². The molecule has 0 aromatic heterocycles. The number of hydrogen-bond donors (Lipinski definition) is 1. The monoisotopic (exact) mass is 377 g/mol. The standard InChI is InChI=1S/C20H18F3NO3/c21-20(22,23)16-7-3-4-8-17(16)24-18(25)12-27-19(26)15-10-9-13-5-1-2-6-14(13)11-15/h3-4,7-11H,1-2,5-6,12H2,(H,24,25). The first-order valence-corrected chi connectivity index (χ1v) is 8.59. The Balaban J connectivity index is 1.61. The molecule has 0 radical (unpaired) electrons. The van der Waals surface area contributed by atoms with Crippen LogP contribution in [-0.4, -0.2) is 18.5 Å². The van der Waals surface area contributed by atoms with Crippen LogP contribution in [0.2, 0.25) is 0 Å². The molecule has 0 unspecified atom stereocenters. The van der Waals surface area contributed by atoms with E-state index >= 15 is 0 Å². The number of nitrogens with one attached hydrogen (secondary N) is 1. The number of esters is 1. The predicted molar refractivity (Wildman–Crippen MR) is 93.4 cm³/mol. The lowest BCUT2D eigenvalue weighted by Crippen LogP contribution is -2.23. The smallest absolute Gasteiger partial charge is 0.418 e. The second-order valence-corrected chi connectivity index (χ2v) is 6.36. The highest BCUT2D eigenvalue weighted by Crippen LogP contribution is 2.34. The summed E-state index contributed by atoms with van der Waals surface area (Å²) in [5.74, 6) is -1.51. The van der Waals surface area contributed by atoms with Crippen LogP contribution < -0.4 is 5.32 Å². The van der Waals surface area contributed by atoms with E-state index in [1.165, 1.54) is 17.7 Å². The van der Waals surface area contributed by atoms with Crippen molar-refractivity contribution in [3.05, 3.63) is 64.7 Å². The Morgan fingerprint density at radius 3 is 2.44 bits per heavy atom. The molecule has 1 N–H and O–H groups in total. The van der Waals surface area contributed by atoms with Gasteiger partial charge in [0.1, 0.15) is 0 Å². The van der Waals surface area contributed by atoms with Crippen LogP contribution in [-0.2, 0) is 28.5 Å². The number of ether oxygens (including phenoxy) is 1. The highest BCUT2D eigenvalue weighted by Gasteiger charge is 2.33. The second-order valence-electron chi connectivity index (χ2n) is 6.36. The molecule has 1 aliphatic rings. The molecule has 3 rings (SSSR count). The Morgan fingerprint density at radius 2 is 1.70 bits per heavy atom. The fourth-order valence-electron chi connectivity index (χ4n) is 3.10. The molecule has 1 amide bonds. The van der Waals surface area contributed by atoms with Gasteiger partial charge in [-0.15, -0.1) is 0 Å². The van der Waals surface area contributed by atoms with Crippen LogP contribution >= 0.6 is 0 Å². The summed E-state index contributed by atoms with van der Waals surface area (Å²) in [7, 11) is 0. The Bertz CT molecular complexity index is 862. The van der Waals surface area contributed by atoms with Crippen molar-refractivity contribution in [3.8, 4) is 0 Å². The Hall–Kier alpha value is -2.83. The minimum atomic E-state index is -4.59. The normalized spacial score (nSPS) is 13.6. The largest absolute Gasteiger partial charge is 0.452 e. The molecule has 142 valence electrons. The van der Waals surface area contributed by atoms with Gasteiger partial charge in [0.25, 0.3) is 5.91 Å². The molecule has 7 heteroatoms. The van der Waals surface area contributed by atoms with Crippen LogP contribution in [0.4, 0.5) is 18.9 Å². The number of rotatable bonds is 4. The van der Waals surface area contributed by atoms with E-state index in [1.54, 1.807) is 12.1 Å². The van der Waals surface area contributed by atoms with Crippen LogP contribution in [0.25, 0.3) is 0 Å². The zero-order chi connectivity index (χ0) is 19.4. The molecular formula is C20H18F3NO3. The molecule has 4 nitrogen and oxygen atoms in total. The van der Waals surface area contributed by atoms with Crippen molar-refractivity contribution in [1.82, 2.24) is 0 Å². The van der Waals surface area contributed by atoms with Gasteiger partial charge in [0, 0.05) is 0 Å². The SMILES string of the molecule is O=C(COC(=O)c1ccc2c(c1)CCCC2)Nc1ccccc1C(F)(F)F. The molecule has 2 aromatic carbocycles. The molecule has 0 aliphatic heterocycles. The zero-order valence-corrected chi connectivity index (χ0v) is 14.4. The van der Waals surface area contributed by atoms with E-state index in [0.29, 0.717) is 5.56 Å². The maximum atomic E-state index is 12.9. The third-order valence-corrected chi connectivity index (χ3v) is 4.43. The lowest BCUT2D eigenvalue weighted by atomic mass is 9.90. The topological polar surface area (TPSA) is 55.4 Å². The molecule has 27 heavy (non-hydrogen) atoms. The van der Waals surface area contributed by atoms with Gasteiger partial charge in [-0.2, -0.15) is 13.2 Å². The summed E-state index contributed by atoms with van der Waals surface area (Å²) in [5, 5.41) is 2.14. The van der Waals surface area contributed by atoms with Crippen molar-refractivity contribution in [1.29, 1.82) is 0 Å². The number of benzene rings is 2. The van der Waals surface area contributed by atoms with Crippen molar-refractivity contribution in [3.63, 3.8) is 0 Å². The Labute approximate surface area is 154 Å². The van der Waals surface area contributed by atoms with Crippen molar-refractivity contribution in [2.45, 2.75) is 31.9 Å². The summed E-state index contributed by atoms with van der Waals surface area (Å²) in [5.41, 5.74) is 1.30. The molecular weight excluding hydrogens is 359 g/mol. The summed E-state index contributed by atoms with van der Waals surface area (Å²) in [6, 6.07) is 9.90. The molecule has 0 atom stereocenters. The van der Waals surface area contributed by atoms with E-state index in [1.807, 2.05) is 6.07 Å². The third-order valence-electron chi connectivity index (χ3n) is 4.43. The van der Waals surface area contributed by atoms with Crippen LogP contribution in [0.3, 0.4) is 0 Å². The molecule has 0 saturated carbocycles. The lowest BCUT2D eigenvalue weighted by Gasteiger charge is -2.16. The van der Waals surface area contributed by atoms with Crippen LogP contribution in [0, 0.1) is 0 Å². The first kappa shape index (κ1) is 18.9. The van der Waals surface area contributed by atoms with Gasteiger partial charge < -0.3 is 10.1 Å². The third kappa shape index (κ3) is 4.67. The van der Waals surface area contributed by atoms with E-state index in [-0.39, 0.29) is 5.69 Å². The zero-order valence-electron chi connectivity index (χ0n) is 14.4. The number of carbonyl (C=O) groups is 2. The number of para-hydroxylation sites is 1. The molecule has 0 heterocycles. The maximum absolute atomic E-state index is 12.9. The summed E-state index contributed by atoms with van der Waals surface area (Å²) in [6.45, 7) is -0.665. The minimum Gasteiger partial charge on any atom is -0.452 e. The Kier molecular flexibility index (Phi) is 5.48. The number of halogens is 3. The number of fused-ring (bicyclic) bond motifs is 1. The number of alkyl halides is 3. The number of aryl methyl sites for hydroxylation is 2. The molecule has 2 aromatic rings.